The molecule has 1 saturated carbocycles. The fraction of sp³-hybridized carbons (Fsp3) is 0.421. The van der Waals surface area contributed by atoms with Crippen LogP contribution in [0.3, 0.4) is 0 Å². The van der Waals surface area contributed by atoms with Gasteiger partial charge in [0.15, 0.2) is 0 Å². The molecule has 136 valence electrons. The lowest BCUT2D eigenvalue weighted by atomic mass is 10.1. The Bertz CT molecular complexity index is 622. The highest BCUT2D eigenvalue weighted by Crippen LogP contribution is 2.31. The smallest absolute Gasteiger partial charge is 0.240 e. The zero-order valence-corrected chi connectivity index (χ0v) is 15.2. The Morgan fingerprint density at radius 1 is 1.32 bits per heavy atom. The van der Waals surface area contributed by atoms with E-state index in [2.05, 4.69) is 24.0 Å². The fourth-order valence-electron chi connectivity index (χ4n) is 2.29. The molecule has 1 aromatic rings. The molecule has 0 bridgehead atoms. The van der Waals surface area contributed by atoms with Crippen molar-refractivity contribution in [2.45, 2.75) is 32.2 Å². The molecule has 0 aromatic heterocycles. The minimum Gasteiger partial charge on any atom is -0.404 e. The minimum absolute atomic E-state index is 0.0244. The van der Waals surface area contributed by atoms with Crippen LogP contribution in [0.4, 0.5) is 0 Å². The van der Waals surface area contributed by atoms with Crippen LogP contribution in [0, 0.1) is 12.8 Å². The molecule has 1 atom stereocenters. The highest BCUT2D eigenvalue weighted by atomic mass is 16.2. The van der Waals surface area contributed by atoms with Gasteiger partial charge >= 0.3 is 0 Å². The van der Waals surface area contributed by atoms with Gasteiger partial charge in [-0.15, -0.1) is 0 Å². The number of aryl methyl sites for hydroxylation is 1. The number of hydrogen-bond acceptors (Lipinski definition) is 4. The van der Waals surface area contributed by atoms with Gasteiger partial charge in [-0.3, -0.25) is 14.6 Å². The molecule has 1 aliphatic rings. The van der Waals surface area contributed by atoms with Crippen LogP contribution in [0.25, 0.3) is 0 Å². The van der Waals surface area contributed by atoms with E-state index in [-0.39, 0.29) is 18.2 Å². The van der Waals surface area contributed by atoms with Crippen molar-refractivity contribution in [3.05, 3.63) is 47.7 Å². The van der Waals surface area contributed by atoms with Gasteiger partial charge < -0.3 is 16.4 Å². The molecule has 1 unspecified atom stereocenters. The Labute approximate surface area is 149 Å². The average molecular weight is 344 g/mol. The van der Waals surface area contributed by atoms with Crippen molar-refractivity contribution < 1.29 is 9.59 Å². The van der Waals surface area contributed by atoms with Gasteiger partial charge in [0, 0.05) is 32.6 Å². The third kappa shape index (κ3) is 7.20. The van der Waals surface area contributed by atoms with E-state index >= 15 is 0 Å². The first-order valence-corrected chi connectivity index (χ1v) is 8.31. The molecule has 0 radical (unpaired) electrons. The zero-order valence-electron chi connectivity index (χ0n) is 15.2. The summed E-state index contributed by atoms with van der Waals surface area (Å²) in [4.78, 5) is 28.6. The molecule has 1 fully saturated rings. The van der Waals surface area contributed by atoms with Crippen LogP contribution in [0.1, 0.15) is 24.8 Å². The lowest BCUT2D eigenvalue weighted by Crippen LogP contribution is -2.46. The Morgan fingerprint density at radius 2 is 1.92 bits per heavy atom. The molecule has 6 nitrogen and oxygen atoms in total. The summed E-state index contributed by atoms with van der Waals surface area (Å²) in [6, 6.07) is 9.59. The third-order valence-electron chi connectivity index (χ3n) is 3.95. The van der Waals surface area contributed by atoms with Crippen molar-refractivity contribution in [3.63, 3.8) is 0 Å². The maximum Gasteiger partial charge on any atom is 0.240 e. The summed E-state index contributed by atoms with van der Waals surface area (Å²) in [7, 11) is 3.22. The number of carbonyl (C=O) groups excluding carboxylic acids is 2. The number of nitrogens with zero attached hydrogens (tertiary/aromatic N) is 2. The highest BCUT2D eigenvalue weighted by Gasteiger charge is 2.36. The monoisotopic (exact) mass is 344 g/mol. The summed E-state index contributed by atoms with van der Waals surface area (Å²) in [5.74, 6) is -0.499. The van der Waals surface area contributed by atoms with Crippen LogP contribution in [0.5, 0.6) is 0 Å². The number of hydrogen-bond donors (Lipinski definition) is 2. The van der Waals surface area contributed by atoms with E-state index in [1.165, 1.54) is 16.7 Å². The Morgan fingerprint density at radius 3 is 2.28 bits per heavy atom. The molecule has 0 saturated heterocycles. The third-order valence-corrected chi connectivity index (χ3v) is 3.95. The predicted octanol–water partition coefficient (Wildman–Crippen LogP) is 1.64. The zero-order chi connectivity index (χ0) is 18.8. The summed E-state index contributed by atoms with van der Waals surface area (Å²) in [6.45, 7) is 2.08. The van der Waals surface area contributed by atoms with Crippen molar-refractivity contribution >= 4 is 18.0 Å². The van der Waals surface area contributed by atoms with E-state index in [4.69, 9.17) is 11.5 Å². The second kappa shape index (κ2) is 10.3. The van der Waals surface area contributed by atoms with E-state index in [9.17, 15) is 9.59 Å². The second-order valence-corrected chi connectivity index (χ2v) is 6.13. The molecular weight excluding hydrogens is 316 g/mol. The molecule has 2 rings (SSSR count). The molecule has 1 aliphatic carbocycles. The van der Waals surface area contributed by atoms with Crippen molar-refractivity contribution in [1.82, 2.24) is 4.90 Å². The summed E-state index contributed by atoms with van der Waals surface area (Å²) >= 11 is 0. The van der Waals surface area contributed by atoms with Gasteiger partial charge in [0.1, 0.15) is 6.04 Å². The number of primary amides is 1. The molecule has 0 spiro atoms. The van der Waals surface area contributed by atoms with Crippen LogP contribution < -0.4 is 11.5 Å². The number of aliphatic imine (C=N–C) groups is 1. The number of amides is 2. The summed E-state index contributed by atoms with van der Waals surface area (Å²) < 4.78 is 0. The van der Waals surface area contributed by atoms with Crippen LogP contribution in [-0.4, -0.2) is 43.1 Å². The SMILES string of the molecule is CN=C/C(=C\N)CC(C(N)=O)N(C)C(=O)C1CC1.Cc1ccccc1. The van der Waals surface area contributed by atoms with Gasteiger partial charge in [-0.1, -0.05) is 35.9 Å². The first kappa shape index (κ1) is 20.4. The number of benzene rings is 1. The molecule has 0 aliphatic heterocycles. The molecular formula is C19H28N4O2. The molecule has 4 N–H and O–H groups in total. The van der Waals surface area contributed by atoms with Gasteiger partial charge in [-0.25, -0.2) is 0 Å². The number of likely N-dealkylation sites (N-methyl/N-ethyl adjacent to an activating group) is 1. The van der Waals surface area contributed by atoms with E-state index in [0.29, 0.717) is 5.57 Å². The lowest BCUT2D eigenvalue weighted by molar-refractivity contribution is -0.138. The molecule has 1 aromatic carbocycles. The van der Waals surface area contributed by atoms with Crippen molar-refractivity contribution in [3.8, 4) is 0 Å². The van der Waals surface area contributed by atoms with Crippen molar-refractivity contribution in [2.24, 2.45) is 22.4 Å². The Balaban J connectivity index is 0.000000370. The van der Waals surface area contributed by atoms with Gasteiger partial charge in [-0.05, 0) is 31.5 Å². The quantitative estimate of drug-likeness (QED) is 0.767. The normalized spacial score (nSPS) is 15.2. The summed E-state index contributed by atoms with van der Waals surface area (Å²) in [6.07, 6.45) is 5.01. The lowest BCUT2D eigenvalue weighted by Gasteiger charge is -2.26. The van der Waals surface area contributed by atoms with Crippen LogP contribution in [0.2, 0.25) is 0 Å². The standard InChI is InChI=1S/C12H20N4O2.C7H8/c1-15-7-8(6-13)5-10(11(14)17)16(2)12(18)9-3-4-9;1-7-5-3-2-4-6-7/h6-7,9-10H,3-5,13H2,1-2H3,(H2,14,17);2-6H,1H3/b8-6-,15-7?;. The van der Waals surface area contributed by atoms with E-state index in [1.54, 1.807) is 20.3 Å². The van der Waals surface area contributed by atoms with Crippen LogP contribution in [-0.2, 0) is 9.59 Å². The van der Waals surface area contributed by atoms with Gasteiger partial charge in [-0.2, -0.15) is 0 Å². The first-order valence-electron chi connectivity index (χ1n) is 8.31. The fourth-order valence-corrected chi connectivity index (χ4v) is 2.29. The second-order valence-electron chi connectivity index (χ2n) is 6.13. The topological polar surface area (TPSA) is 102 Å². The van der Waals surface area contributed by atoms with Crippen LogP contribution in [0.15, 0.2) is 47.1 Å². The highest BCUT2D eigenvalue weighted by molar-refractivity contribution is 5.90. The van der Waals surface area contributed by atoms with E-state index in [0.717, 1.165) is 12.8 Å². The van der Waals surface area contributed by atoms with Crippen LogP contribution >= 0.6 is 0 Å². The largest absolute Gasteiger partial charge is 0.404 e. The first-order chi connectivity index (χ1) is 11.9. The molecule has 25 heavy (non-hydrogen) atoms. The average Bonchev–Trinajstić information content (AvgIpc) is 3.43. The van der Waals surface area contributed by atoms with E-state index < -0.39 is 11.9 Å². The summed E-state index contributed by atoms with van der Waals surface area (Å²) in [5.41, 5.74) is 12.8. The predicted molar refractivity (Wildman–Crippen MR) is 101 cm³/mol. The molecule has 6 heteroatoms. The minimum atomic E-state index is -0.675. The Hall–Kier alpha value is -2.63. The number of carbonyl (C=O) groups is 2. The van der Waals surface area contributed by atoms with Gasteiger partial charge in [0.05, 0.1) is 0 Å². The summed E-state index contributed by atoms with van der Waals surface area (Å²) in [5, 5.41) is 0. The van der Waals surface area contributed by atoms with Crippen molar-refractivity contribution in [1.29, 1.82) is 0 Å². The van der Waals surface area contributed by atoms with E-state index in [1.807, 2.05) is 18.2 Å². The molecule has 2 amide bonds. The van der Waals surface area contributed by atoms with Crippen molar-refractivity contribution in [2.75, 3.05) is 14.1 Å². The maximum atomic E-state index is 11.9. The maximum absolute atomic E-state index is 11.9. The number of nitrogens with two attached hydrogens (primary N) is 2. The van der Waals surface area contributed by atoms with Gasteiger partial charge in [0.25, 0.3) is 0 Å². The van der Waals surface area contributed by atoms with Gasteiger partial charge in [0.2, 0.25) is 11.8 Å². The Kier molecular flexibility index (Phi) is 8.39. The molecule has 0 heterocycles. The number of rotatable bonds is 6.